The number of anilines is 1. The highest BCUT2D eigenvalue weighted by atomic mass is 79.9. The molecule has 2 amide bonds. The molecule has 1 N–H and O–H groups in total. The van der Waals surface area contributed by atoms with Gasteiger partial charge in [0.05, 0.1) is 8.66 Å². The van der Waals surface area contributed by atoms with E-state index < -0.39 is 6.04 Å². The summed E-state index contributed by atoms with van der Waals surface area (Å²) < 4.78 is 0.889. The molecule has 126 valence electrons. The molecule has 1 aliphatic rings. The summed E-state index contributed by atoms with van der Waals surface area (Å²) in [5, 5.41) is 3.69. The maximum Gasteiger partial charge on any atom is 0.264 e. The second-order valence-corrected chi connectivity index (χ2v) is 8.74. The van der Waals surface area contributed by atoms with Crippen LogP contribution in [0.2, 0.25) is 10.0 Å². The van der Waals surface area contributed by atoms with E-state index in [1.54, 1.807) is 29.2 Å². The van der Waals surface area contributed by atoms with Crippen LogP contribution in [-0.4, -0.2) is 29.3 Å². The van der Waals surface area contributed by atoms with Crippen molar-refractivity contribution in [1.82, 2.24) is 4.90 Å². The number of halogens is 3. The normalized spacial score (nSPS) is 17.1. The highest BCUT2D eigenvalue weighted by Crippen LogP contribution is 2.28. The van der Waals surface area contributed by atoms with Crippen LogP contribution >= 0.6 is 50.5 Å². The molecule has 0 spiro atoms. The van der Waals surface area contributed by atoms with Crippen LogP contribution in [0.1, 0.15) is 22.5 Å². The predicted molar refractivity (Wildman–Crippen MR) is 101 cm³/mol. The van der Waals surface area contributed by atoms with Gasteiger partial charge in [0.1, 0.15) is 6.04 Å². The minimum atomic E-state index is -0.490. The molecule has 8 heteroatoms. The van der Waals surface area contributed by atoms with Crippen molar-refractivity contribution in [2.45, 2.75) is 18.9 Å². The summed E-state index contributed by atoms with van der Waals surface area (Å²) >= 11 is 16.6. The largest absolute Gasteiger partial charge is 0.326 e. The Bertz CT molecular complexity index is 776. The van der Waals surface area contributed by atoms with Gasteiger partial charge in [-0.05, 0) is 59.1 Å². The van der Waals surface area contributed by atoms with Crippen LogP contribution in [-0.2, 0) is 4.79 Å². The van der Waals surface area contributed by atoms with Gasteiger partial charge in [-0.1, -0.05) is 23.2 Å². The molecule has 24 heavy (non-hydrogen) atoms. The van der Waals surface area contributed by atoms with Crippen molar-refractivity contribution in [2.75, 3.05) is 11.9 Å². The van der Waals surface area contributed by atoms with Gasteiger partial charge in [0.2, 0.25) is 5.91 Å². The first-order valence-electron chi connectivity index (χ1n) is 7.27. The first-order chi connectivity index (χ1) is 11.4. The lowest BCUT2D eigenvalue weighted by atomic mass is 10.2. The molecular weight excluding hydrogens is 435 g/mol. The van der Waals surface area contributed by atoms with E-state index in [9.17, 15) is 9.59 Å². The molecular formula is C16H13BrCl2N2O2S. The number of hydrogen-bond acceptors (Lipinski definition) is 3. The lowest BCUT2D eigenvalue weighted by Gasteiger charge is -2.23. The average Bonchev–Trinajstić information content (AvgIpc) is 3.14. The van der Waals surface area contributed by atoms with E-state index >= 15 is 0 Å². The van der Waals surface area contributed by atoms with Crippen molar-refractivity contribution >= 4 is 68.0 Å². The molecule has 1 aliphatic heterocycles. The molecule has 0 bridgehead atoms. The first kappa shape index (κ1) is 17.7. The summed E-state index contributed by atoms with van der Waals surface area (Å²) in [6, 6.07) is 7.96. The molecule has 0 radical (unpaired) electrons. The van der Waals surface area contributed by atoms with Crippen LogP contribution in [0, 0.1) is 0 Å². The smallest absolute Gasteiger partial charge is 0.264 e. The van der Waals surface area contributed by atoms with E-state index in [0.717, 1.165) is 10.2 Å². The van der Waals surface area contributed by atoms with E-state index in [1.165, 1.54) is 11.3 Å². The Morgan fingerprint density at radius 1 is 1.21 bits per heavy atom. The highest BCUT2D eigenvalue weighted by molar-refractivity contribution is 9.11. The number of benzene rings is 1. The number of nitrogens with one attached hydrogen (secondary N) is 1. The summed E-state index contributed by atoms with van der Waals surface area (Å²) in [6.07, 6.45) is 1.44. The molecule has 3 rings (SSSR count). The van der Waals surface area contributed by atoms with Crippen LogP contribution in [0.4, 0.5) is 5.69 Å². The Labute approximate surface area is 161 Å². The van der Waals surface area contributed by atoms with E-state index in [2.05, 4.69) is 21.2 Å². The molecule has 0 aliphatic carbocycles. The Balaban J connectivity index is 1.75. The second kappa shape index (κ2) is 7.44. The van der Waals surface area contributed by atoms with Gasteiger partial charge in [-0.25, -0.2) is 0 Å². The molecule has 1 aromatic heterocycles. The van der Waals surface area contributed by atoms with Gasteiger partial charge in [-0.3, -0.25) is 9.59 Å². The van der Waals surface area contributed by atoms with Crippen molar-refractivity contribution in [3.8, 4) is 0 Å². The number of nitrogens with zero attached hydrogens (tertiary/aromatic N) is 1. The average molecular weight is 448 g/mol. The van der Waals surface area contributed by atoms with Gasteiger partial charge in [-0.15, -0.1) is 11.3 Å². The van der Waals surface area contributed by atoms with E-state index in [-0.39, 0.29) is 11.8 Å². The fourth-order valence-electron chi connectivity index (χ4n) is 2.70. The number of carbonyl (C=O) groups is 2. The molecule has 1 atom stereocenters. The number of hydrogen-bond donors (Lipinski definition) is 1. The minimum absolute atomic E-state index is 0.118. The van der Waals surface area contributed by atoms with E-state index in [1.807, 2.05) is 6.07 Å². The van der Waals surface area contributed by atoms with Crippen LogP contribution in [0.3, 0.4) is 0 Å². The summed E-state index contributed by atoms with van der Waals surface area (Å²) in [7, 11) is 0. The standard InChI is InChI=1S/C16H13BrCl2N2O2S/c17-14-4-3-13(24-14)16(23)21-5-1-2-12(21)15(22)20-11-7-9(18)6-10(19)8-11/h3-4,6-8,12H,1-2,5H2,(H,20,22). The summed E-state index contributed by atoms with van der Waals surface area (Å²) in [5.74, 6) is -0.345. The fourth-order valence-corrected chi connectivity index (χ4v) is 4.57. The van der Waals surface area contributed by atoms with Gasteiger partial charge in [0.15, 0.2) is 0 Å². The van der Waals surface area contributed by atoms with Crippen LogP contribution in [0.25, 0.3) is 0 Å². The van der Waals surface area contributed by atoms with Crippen molar-refractivity contribution in [2.24, 2.45) is 0 Å². The molecule has 0 saturated carbocycles. The highest BCUT2D eigenvalue weighted by Gasteiger charge is 2.35. The van der Waals surface area contributed by atoms with Crippen LogP contribution in [0.5, 0.6) is 0 Å². The third-order valence-electron chi connectivity index (χ3n) is 3.73. The first-order valence-corrected chi connectivity index (χ1v) is 9.64. The maximum atomic E-state index is 12.6. The quantitative estimate of drug-likeness (QED) is 0.714. The molecule has 2 heterocycles. The number of carbonyl (C=O) groups excluding carboxylic acids is 2. The monoisotopic (exact) mass is 446 g/mol. The molecule has 1 saturated heterocycles. The Kier molecular flexibility index (Phi) is 5.49. The maximum absolute atomic E-state index is 12.6. The summed E-state index contributed by atoms with van der Waals surface area (Å²) in [4.78, 5) is 27.5. The molecule has 4 nitrogen and oxygen atoms in total. The molecule has 1 fully saturated rings. The molecule has 1 unspecified atom stereocenters. The summed E-state index contributed by atoms with van der Waals surface area (Å²) in [5.41, 5.74) is 0.524. The Morgan fingerprint density at radius 3 is 2.54 bits per heavy atom. The molecule has 2 aromatic rings. The fraction of sp³-hybridized carbons (Fsp3) is 0.250. The third-order valence-corrected chi connectivity index (χ3v) is 5.78. The van der Waals surface area contributed by atoms with Gasteiger partial charge in [-0.2, -0.15) is 0 Å². The van der Waals surface area contributed by atoms with Crippen molar-refractivity contribution < 1.29 is 9.59 Å². The third kappa shape index (κ3) is 3.94. The Hall–Kier alpha value is -1.08. The summed E-state index contributed by atoms with van der Waals surface area (Å²) in [6.45, 7) is 0.572. The lowest BCUT2D eigenvalue weighted by Crippen LogP contribution is -2.42. The SMILES string of the molecule is O=C(Nc1cc(Cl)cc(Cl)c1)C1CCCN1C(=O)c1ccc(Br)s1. The zero-order valence-electron chi connectivity index (χ0n) is 12.4. The van der Waals surface area contributed by atoms with Crippen LogP contribution < -0.4 is 5.32 Å². The van der Waals surface area contributed by atoms with Crippen molar-refractivity contribution in [1.29, 1.82) is 0 Å². The number of amides is 2. The zero-order valence-corrected chi connectivity index (χ0v) is 16.3. The topological polar surface area (TPSA) is 49.4 Å². The lowest BCUT2D eigenvalue weighted by molar-refractivity contribution is -0.119. The van der Waals surface area contributed by atoms with Gasteiger partial charge in [0.25, 0.3) is 5.91 Å². The van der Waals surface area contributed by atoms with Crippen LogP contribution in [0.15, 0.2) is 34.1 Å². The predicted octanol–water partition coefficient (Wildman–Crippen LogP) is 5.06. The Morgan fingerprint density at radius 2 is 1.92 bits per heavy atom. The number of rotatable bonds is 3. The second-order valence-electron chi connectivity index (χ2n) is 5.41. The van der Waals surface area contributed by atoms with E-state index in [4.69, 9.17) is 23.2 Å². The van der Waals surface area contributed by atoms with Gasteiger partial charge in [0, 0.05) is 22.3 Å². The van der Waals surface area contributed by atoms with Crippen molar-refractivity contribution in [3.05, 3.63) is 49.0 Å². The van der Waals surface area contributed by atoms with Gasteiger partial charge >= 0.3 is 0 Å². The number of thiophene rings is 1. The van der Waals surface area contributed by atoms with E-state index in [0.29, 0.717) is 33.6 Å². The molecule has 1 aromatic carbocycles. The van der Waals surface area contributed by atoms with Gasteiger partial charge < -0.3 is 10.2 Å². The van der Waals surface area contributed by atoms with Crippen molar-refractivity contribution in [3.63, 3.8) is 0 Å². The zero-order chi connectivity index (χ0) is 17.3. The minimum Gasteiger partial charge on any atom is -0.326 e. The number of likely N-dealkylation sites (tertiary alicyclic amines) is 1.